The van der Waals surface area contributed by atoms with Crippen LogP contribution in [0.25, 0.3) is 0 Å². The van der Waals surface area contributed by atoms with Crippen LogP contribution < -0.4 is 10.2 Å². The molecular formula is C21H24N2O4. The number of ether oxygens (including phenoxy) is 1. The number of carbonyl (C=O) groups excluding carboxylic acids is 2. The maximum atomic E-state index is 12.0. The van der Waals surface area contributed by atoms with Crippen LogP contribution in [0.1, 0.15) is 35.2 Å². The van der Waals surface area contributed by atoms with E-state index in [0.29, 0.717) is 16.8 Å². The number of hydrogen-bond acceptors (Lipinski definition) is 5. The molecule has 1 saturated heterocycles. The van der Waals surface area contributed by atoms with Gasteiger partial charge in [0.25, 0.3) is 5.91 Å². The molecule has 6 nitrogen and oxygen atoms in total. The highest BCUT2D eigenvalue weighted by atomic mass is 16.5. The summed E-state index contributed by atoms with van der Waals surface area (Å²) in [4.78, 5) is 26.3. The second-order valence-electron chi connectivity index (χ2n) is 6.57. The van der Waals surface area contributed by atoms with Gasteiger partial charge in [0.2, 0.25) is 0 Å². The molecule has 0 spiro atoms. The second kappa shape index (κ2) is 9.19. The number of hydrogen-bond donors (Lipinski definition) is 2. The highest BCUT2D eigenvalue weighted by Gasteiger charge is 2.12. The second-order valence-corrected chi connectivity index (χ2v) is 6.57. The van der Waals surface area contributed by atoms with E-state index >= 15 is 0 Å². The Morgan fingerprint density at radius 1 is 0.963 bits per heavy atom. The predicted octanol–water partition coefficient (Wildman–Crippen LogP) is 2.96. The Morgan fingerprint density at radius 2 is 1.63 bits per heavy atom. The number of rotatable bonds is 6. The third kappa shape index (κ3) is 5.31. The zero-order chi connectivity index (χ0) is 19.1. The highest BCUT2D eigenvalue weighted by molar-refractivity contribution is 5.95. The number of aliphatic hydroxyl groups is 1. The first-order valence-electron chi connectivity index (χ1n) is 9.17. The lowest BCUT2D eigenvalue weighted by atomic mass is 10.1. The Labute approximate surface area is 158 Å². The summed E-state index contributed by atoms with van der Waals surface area (Å²) >= 11 is 0. The van der Waals surface area contributed by atoms with Gasteiger partial charge in [0, 0.05) is 24.5 Å². The molecule has 0 unspecified atom stereocenters. The summed E-state index contributed by atoms with van der Waals surface area (Å²) in [6, 6.07) is 14.1. The van der Waals surface area contributed by atoms with Crippen molar-refractivity contribution >= 4 is 23.3 Å². The van der Waals surface area contributed by atoms with E-state index < -0.39 is 5.97 Å². The lowest BCUT2D eigenvalue weighted by Crippen LogP contribution is -2.29. The summed E-state index contributed by atoms with van der Waals surface area (Å²) in [5, 5.41) is 11.7. The zero-order valence-corrected chi connectivity index (χ0v) is 15.2. The van der Waals surface area contributed by atoms with Crippen molar-refractivity contribution in [3.63, 3.8) is 0 Å². The minimum Gasteiger partial charge on any atom is -0.452 e. The number of nitrogens with one attached hydrogen (secondary N) is 1. The third-order valence-corrected chi connectivity index (χ3v) is 4.58. The van der Waals surface area contributed by atoms with Crippen LogP contribution in [0.5, 0.6) is 0 Å². The van der Waals surface area contributed by atoms with Gasteiger partial charge in [0.15, 0.2) is 6.61 Å². The molecule has 0 bridgehead atoms. The van der Waals surface area contributed by atoms with Gasteiger partial charge in [-0.05, 0) is 61.2 Å². The Hall–Kier alpha value is -2.86. The Balaban J connectivity index is 1.47. The smallest absolute Gasteiger partial charge is 0.338 e. The number of aliphatic hydroxyl groups excluding tert-OH is 1. The maximum Gasteiger partial charge on any atom is 0.338 e. The summed E-state index contributed by atoms with van der Waals surface area (Å²) < 4.78 is 5.03. The van der Waals surface area contributed by atoms with Crippen molar-refractivity contribution in [3.8, 4) is 0 Å². The lowest BCUT2D eigenvalue weighted by Gasteiger charge is -2.28. The molecule has 1 fully saturated rings. The van der Waals surface area contributed by atoms with Gasteiger partial charge < -0.3 is 20.1 Å². The van der Waals surface area contributed by atoms with Gasteiger partial charge in [-0.2, -0.15) is 0 Å². The van der Waals surface area contributed by atoms with Gasteiger partial charge in [0.1, 0.15) is 0 Å². The first-order chi connectivity index (χ1) is 13.2. The summed E-state index contributed by atoms with van der Waals surface area (Å²) in [5.74, 6) is -0.962. The van der Waals surface area contributed by atoms with Crippen molar-refractivity contribution in [3.05, 3.63) is 59.7 Å². The highest BCUT2D eigenvalue weighted by Crippen LogP contribution is 2.21. The van der Waals surface area contributed by atoms with Crippen LogP contribution in [0.4, 0.5) is 11.4 Å². The van der Waals surface area contributed by atoms with Crippen molar-refractivity contribution < 1.29 is 19.4 Å². The number of benzene rings is 2. The summed E-state index contributed by atoms with van der Waals surface area (Å²) in [7, 11) is 0. The molecule has 0 aromatic heterocycles. The molecule has 27 heavy (non-hydrogen) atoms. The molecule has 2 N–H and O–H groups in total. The summed E-state index contributed by atoms with van der Waals surface area (Å²) in [5.41, 5.74) is 2.87. The monoisotopic (exact) mass is 368 g/mol. The first kappa shape index (κ1) is 18.9. The van der Waals surface area contributed by atoms with Crippen molar-refractivity contribution in [1.29, 1.82) is 0 Å². The minimum atomic E-state index is -0.574. The fraction of sp³-hybridized carbons (Fsp3) is 0.333. The van der Waals surface area contributed by atoms with E-state index in [-0.39, 0.29) is 19.1 Å². The molecule has 0 saturated carbocycles. The standard InChI is InChI=1S/C21H24N2O4/c24-14-16-4-6-17(7-5-16)21(26)27-15-20(25)22-18-8-10-19(11-9-18)23-12-2-1-3-13-23/h4-11,24H,1-3,12-15H2,(H,22,25). The van der Waals surface area contributed by atoms with Crippen LogP contribution >= 0.6 is 0 Å². The van der Waals surface area contributed by atoms with E-state index in [0.717, 1.165) is 18.8 Å². The average Bonchev–Trinajstić information content (AvgIpc) is 2.73. The number of amides is 1. The Kier molecular flexibility index (Phi) is 6.44. The van der Waals surface area contributed by atoms with Gasteiger partial charge in [0.05, 0.1) is 12.2 Å². The van der Waals surface area contributed by atoms with Crippen LogP contribution in [0.3, 0.4) is 0 Å². The number of nitrogens with zero attached hydrogens (tertiary/aromatic N) is 1. The van der Waals surface area contributed by atoms with Gasteiger partial charge in [-0.3, -0.25) is 4.79 Å². The molecular weight excluding hydrogens is 344 g/mol. The van der Waals surface area contributed by atoms with E-state index in [9.17, 15) is 9.59 Å². The minimum absolute atomic E-state index is 0.0890. The maximum absolute atomic E-state index is 12.0. The summed E-state index contributed by atoms with van der Waals surface area (Å²) in [6.07, 6.45) is 3.72. The zero-order valence-electron chi connectivity index (χ0n) is 15.2. The van der Waals surface area contributed by atoms with Crippen molar-refractivity contribution in [2.24, 2.45) is 0 Å². The van der Waals surface area contributed by atoms with Gasteiger partial charge in [-0.15, -0.1) is 0 Å². The normalized spacial score (nSPS) is 13.9. The molecule has 0 aliphatic carbocycles. The van der Waals surface area contributed by atoms with Crippen LogP contribution in [-0.4, -0.2) is 36.7 Å². The van der Waals surface area contributed by atoms with Crippen LogP contribution in [0.15, 0.2) is 48.5 Å². The molecule has 142 valence electrons. The molecule has 2 aromatic rings. The van der Waals surface area contributed by atoms with Gasteiger partial charge >= 0.3 is 5.97 Å². The number of esters is 1. The number of carbonyl (C=O) groups is 2. The van der Waals surface area contributed by atoms with E-state index in [1.54, 1.807) is 24.3 Å². The van der Waals surface area contributed by atoms with E-state index in [1.807, 2.05) is 24.3 Å². The fourth-order valence-electron chi connectivity index (χ4n) is 3.07. The molecule has 6 heteroatoms. The Morgan fingerprint density at radius 3 is 2.26 bits per heavy atom. The van der Waals surface area contributed by atoms with Crippen molar-refractivity contribution in [2.45, 2.75) is 25.9 Å². The van der Waals surface area contributed by atoms with E-state index in [2.05, 4.69) is 10.2 Å². The molecule has 1 amide bonds. The SMILES string of the molecule is O=C(COC(=O)c1ccc(CO)cc1)Nc1ccc(N2CCCCC2)cc1. The lowest BCUT2D eigenvalue weighted by molar-refractivity contribution is -0.119. The van der Waals surface area contributed by atoms with Crippen LogP contribution in [0.2, 0.25) is 0 Å². The third-order valence-electron chi connectivity index (χ3n) is 4.58. The molecule has 0 atom stereocenters. The van der Waals surface area contributed by atoms with Gasteiger partial charge in [-0.25, -0.2) is 4.79 Å². The quantitative estimate of drug-likeness (QED) is 0.767. The van der Waals surface area contributed by atoms with Gasteiger partial charge in [-0.1, -0.05) is 12.1 Å². The van der Waals surface area contributed by atoms with E-state index in [1.165, 1.54) is 19.3 Å². The predicted molar refractivity (Wildman–Crippen MR) is 104 cm³/mol. The average molecular weight is 368 g/mol. The molecule has 2 aromatic carbocycles. The molecule has 3 rings (SSSR count). The molecule has 0 radical (unpaired) electrons. The number of anilines is 2. The van der Waals surface area contributed by atoms with Crippen LogP contribution in [-0.2, 0) is 16.1 Å². The molecule has 1 heterocycles. The van der Waals surface area contributed by atoms with Crippen molar-refractivity contribution in [2.75, 3.05) is 29.9 Å². The van der Waals surface area contributed by atoms with E-state index in [4.69, 9.17) is 9.84 Å². The Bertz CT molecular complexity index is 766. The fourth-order valence-corrected chi connectivity index (χ4v) is 3.07. The largest absolute Gasteiger partial charge is 0.452 e. The van der Waals surface area contributed by atoms with Crippen LogP contribution in [0, 0.1) is 0 Å². The molecule has 1 aliphatic heterocycles. The topological polar surface area (TPSA) is 78.9 Å². The molecule has 1 aliphatic rings. The first-order valence-corrected chi connectivity index (χ1v) is 9.17. The summed E-state index contributed by atoms with van der Waals surface area (Å²) in [6.45, 7) is 1.70. The van der Waals surface area contributed by atoms with Crippen molar-refractivity contribution in [1.82, 2.24) is 0 Å². The number of piperidine rings is 1.